The van der Waals surface area contributed by atoms with Crippen LogP contribution >= 0.6 is 0 Å². The number of amides is 3. The van der Waals surface area contributed by atoms with E-state index >= 15 is 0 Å². The molecule has 2 aromatic carbocycles. The highest BCUT2D eigenvalue weighted by atomic mass is 16.2. The lowest BCUT2D eigenvalue weighted by Gasteiger charge is -2.27. The number of benzene rings is 2. The maximum atomic E-state index is 12.8. The van der Waals surface area contributed by atoms with Crippen molar-refractivity contribution in [3.05, 3.63) is 59.7 Å². The van der Waals surface area contributed by atoms with Crippen LogP contribution in [0.2, 0.25) is 0 Å². The van der Waals surface area contributed by atoms with Crippen LogP contribution in [0.15, 0.2) is 48.5 Å². The second kappa shape index (κ2) is 9.86. The van der Waals surface area contributed by atoms with Gasteiger partial charge in [0.2, 0.25) is 0 Å². The minimum Gasteiger partial charge on any atom is -0.371 e. The topological polar surface area (TPSA) is 55.9 Å². The van der Waals surface area contributed by atoms with E-state index in [1.165, 1.54) is 24.9 Å². The minimum absolute atomic E-state index is 0.0451. The molecule has 2 fully saturated rings. The quantitative estimate of drug-likeness (QED) is 0.771. The molecule has 2 aliphatic rings. The standard InChI is InChI=1S/C25H32N4O2/c1-27(19-21-10-3-4-13-23(21)28-14-7-8-15-28)25(31)26-22-12-9-11-20(18-22)24(30)29-16-5-2-6-17-29/h3-4,9-13,18H,2,5-8,14-17,19H2,1H3,(H,26,31). The van der Waals surface area contributed by atoms with E-state index in [2.05, 4.69) is 28.4 Å². The van der Waals surface area contributed by atoms with Crippen LogP contribution < -0.4 is 10.2 Å². The Morgan fingerprint density at radius 3 is 2.39 bits per heavy atom. The molecule has 2 saturated heterocycles. The third-order valence-electron chi connectivity index (χ3n) is 6.20. The van der Waals surface area contributed by atoms with E-state index < -0.39 is 0 Å². The summed E-state index contributed by atoms with van der Waals surface area (Å²) >= 11 is 0. The number of carbonyl (C=O) groups is 2. The molecule has 4 rings (SSSR count). The van der Waals surface area contributed by atoms with Crippen LogP contribution in [0.3, 0.4) is 0 Å². The number of anilines is 2. The summed E-state index contributed by atoms with van der Waals surface area (Å²) in [5, 5.41) is 2.95. The third kappa shape index (κ3) is 5.19. The first-order valence-corrected chi connectivity index (χ1v) is 11.4. The Kier molecular flexibility index (Phi) is 6.75. The fourth-order valence-electron chi connectivity index (χ4n) is 4.47. The van der Waals surface area contributed by atoms with Gasteiger partial charge in [0.25, 0.3) is 5.91 Å². The average Bonchev–Trinajstić information content (AvgIpc) is 3.34. The van der Waals surface area contributed by atoms with Gasteiger partial charge in [-0.3, -0.25) is 4.79 Å². The van der Waals surface area contributed by atoms with E-state index in [-0.39, 0.29) is 11.9 Å². The first-order chi connectivity index (χ1) is 15.1. The molecule has 2 heterocycles. The fourth-order valence-corrected chi connectivity index (χ4v) is 4.47. The molecular formula is C25H32N4O2. The zero-order valence-corrected chi connectivity index (χ0v) is 18.3. The molecular weight excluding hydrogens is 388 g/mol. The Hall–Kier alpha value is -3.02. The van der Waals surface area contributed by atoms with Gasteiger partial charge in [-0.15, -0.1) is 0 Å². The highest BCUT2D eigenvalue weighted by Crippen LogP contribution is 2.25. The zero-order valence-electron chi connectivity index (χ0n) is 18.3. The number of urea groups is 1. The van der Waals surface area contributed by atoms with Crippen LogP contribution in [-0.2, 0) is 6.54 Å². The molecule has 0 unspecified atom stereocenters. The van der Waals surface area contributed by atoms with E-state index in [1.807, 2.05) is 29.2 Å². The van der Waals surface area contributed by atoms with Gasteiger partial charge in [-0.1, -0.05) is 24.3 Å². The Bertz CT molecular complexity index is 917. The summed E-state index contributed by atoms with van der Waals surface area (Å²) in [4.78, 5) is 31.6. The number of carbonyl (C=O) groups excluding carboxylic acids is 2. The summed E-state index contributed by atoms with van der Waals surface area (Å²) in [6.07, 6.45) is 5.75. The summed E-state index contributed by atoms with van der Waals surface area (Å²) < 4.78 is 0. The average molecular weight is 421 g/mol. The number of para-hydroxylation sites is 1. The highest BCUT2D eigenvalue weighted by Gasteiger charge is 2.20. The van der Waals surface area contributed by atoms with Crippen LogP contribution in [0.5, 0.6) is 0 Å². The highest BCUT2D eigenvalue weighted by molar-refractivity contribution is 5.97. The number of piperidine rings is 1. The largest absolute Gasteiger partial charge is 0.371 e. The Morgan fingerprint density at radius 2 is 1.61 bits per heavy atom. The van der Waals surface area contributed by atoms with E-state index in [9.17, 15) is 9.59 Å². The molecule has 0 aliphatic carbocycles. The lowest BCUT2D eigenvalue weighted by molar-refractivity contribution is 0.0724. The van der Waals surface area contributed by atoms with Gasteiger partial charge in [0.15, 0.2) is 0 Å². The van der Waals surface area contributed by atoms with Crippen LogP contribution in [-0.4, -0.2) is 55.0 Å². The lowest BCUT2D eigenvalue weighted by Crippen LogP contribution is -2.35. The summed E-state index contributed by atoms with van der Waals surface area (Å²) in [6.45, 7) is 4.31. The summed E-state index contributed by atoms with van der Waals surface area (Å²) in [5.74, 6) is 0.0451. The number of nitrogens with zero attached hydrogens (tertiary/aromatic N) is 3. The number of likely N-dealkylation sites (tertiary alicyclic amines) is 1. The van der Waals surface area contributed by atoms with Gasteiger partial charge >= 0.3 is 6.03 Å². The van der Waals surface area contributed by atoms with Crippen molar-refractivity contribution in [1.82, 2.24) is 9.80 Å². The van der Waals surface area contributed by atoms with E-state index in [1.54, 1.807) is 18.0 Å². The molecule has 31 heavy (non-hydrogen) atoms. The maximum Gasteiger partial charge on any atom is 0.321 e. The van der Waals surface area contributed by atoms with E-state index in [4.69, 9.17) is 0 Å². The SMILES string of the molecule is CN(Cc1ccccc1N1CCCC1)C(=O)Nc1cccc(C(=O)N2CCCCC2)c1. The zero-order chi connectivity index (χ0) is 21.6. The van der Waals surface area contributed by atoms with Gasteiger partial charge < -0.3 is 20.0 Å². The normalized spacial score (nSPS) is 16.3. The Labute approximate surface area is 184 Å². The number of rotatable bonds is 5. The van der Waals surface area contributed by atoms with Crippen LogP contribution in [0.25, 0.3) is 0 Å². The van der Waals surface area contributed by atoms with Gasteiger partial charge in [-0.05, 0) is 61.9 Å². The molecule has 0 bridgehead atoms. The molecule has 0 radical (unpaired) electrons. The van der Waals surface area contributed by atoms with Gasteiger partial charge in [0, 0.05) is 56.7 Å². The molecule has 3 amide bonds. The molecule has 164 valence electrons. The summed E-state index contributed by atoms with van der Waals surface area (Å²) in [5.41, 5.74) is 3.64. The number of nitrogens with one attached hydrogen (secondary N) is 1. The van der Waals surface area contributed by atoms with Crippen molar-refractivity contribution in [3.63, 3.8) is 0 Å². The predicted molar refractivity (Wildman–Crippen MR) is 125 cm³/mol. The van der Waals surface area contributed by atoms with Gasteiger partial charge in [0.1, 0.15) is 0 Å². The molecule has 0 aromatic heterocycles. The Balaban J connectivity index is 1.40. The van der Waals surface area contributed by atoms with Crippen molar-refractivity contribution >= 4 is 23.3 Å². The summed E-state index contributed by atoms with van der Waals surface area (Å²) in [7, 11) is 1.80. The van der Waals surface area contributed by atoms with Crippen molar-refractivity contribution in [3.8, 4) is 0 Å². The van der Waals surface area contributed by atoms with Crippen LogP contribution in [0, 0.1) is 0 Å². The van der Waals surface area contributed by atoms with Crippen molar-refractivity contribution in [1.29, 1.82) is 0 Å². The van der Waals surface area contributed by atoms with Crippen molar-refractivity contribution in [2.45, 2.75) is 38.6 Å². The molecule has 2 aromatic rings. The molecule has 6 heteroatoms. The minimum atomic E-state index is -0.182. The molecule has 6 nitrogen and oxygen atoms in total. The summed E-state index contributed by atoms with van der Waals surface area (Å²) in [6, 6.07) is 15.4. The predicted octanol–water partition coefficient (Wildman–Crippen LogP) is 4.58. The second-order valence-corrected chi connectivity index (χ2v) is 8.54. The molecule has 1 N–H and O–H groups in total. The van der Waals surface area contributed by atoms with Gasteiger partial charge in [-0.25, -0.2) is 4.79 Å². The van der Waals surface area contributed by atoms with E-state index in [0.29, 0.717) is 17.8 Å². The van der Waals surface area contributed by atoms with Crippen molar-refractivity contribution in [2.75, 3.05) is 43.4 Å². The smallest absolute Gasteiger partial charge is 0.321 e. The monoisotopic (exact) mass is 420 g/mol. The van der Waals surface area contributed by atoms with Crippen molar-refractivity contribution in [2.24, 2.45) is 0 Å². The number of hydrogen-bond donors (Lipinski definition) is 1. The Morgan fingerprint density at radius 1 is 0.903 bits per heavy atom. The second-order valence-electron chi connectivity index (χ2n) is 8.54. The van der Waals surface area contributed by atoms with Crippen LogP contribution in [0.1, 0.15) is 48.0 Å². The first-order valence-electron chi connectivity index (χ1n) is 11.4. The fraction of sp³-hybridized carbons (Fsp3) is 0.440. The molecule has 0 spiro atoms. The van der Waals surface area contributed by atoms with Crippen molar-refractivity contribution < 1.29 is 9.59 Å². The lowest BCUT2D eigenvalue weighted by atomic mass is 10.1. The third-order valence-corrected chi connectivity index (χ3v) is 6.20. The van der Waals surface area contributed by atoms with Gasteiger partial charge in [-0.2, -0.15) is 0 Å². The maximum absolute atomic E-state index is 12.8. The van der Waals surface area contributed by atoms with Gasteiger partial charge in [0.05, 0.1) is 0 Å². The first kappa shape index (κ1) is 21.2. The molecule has 2 aliphatic heterocycles. The molecule has 0 saturated carbocycles. The number of hydrogen-bond acceptors (Lipinski definition) is 3. The van der Waals surface area contributed by atoms with Crippen LogP contribution in [0.4, 0.5) is 16.2 Å². The molecule has 0 atom stereocenters. The van der Waals surface area contributed by atoms with E-state index in [0.717, 1.165) is 44.6 Å².